The van der Waals surface area contributed by atoms with E-state index < -0.39 is 0 Å². The largest absolute Gasteiger partial charge is 0.330 e. The second-order valence-corrected chi connectivity index (χ2v) is 6.28. The van der Waals surface area contributed by atoms with Crippen LogP contribution in [0.1, 0.15) is 35.4 Å². The van der Waals surface area contributed by atoms with Gasteiger partial charge in [-0.2, -0.15) is 0 Å². The number of aromatic nitrogens is 2. The zero-order valence-corrected chi connectivity index (χ0v) is 13.4. The highest BCUT2D eigenvalue weighted by Crippen LogP contribution is 2.24. The Morgan fingerprint density at radius 1 is 1.30 bits per heavy atom. The van der Waals surface area contributed by atoms with Crippen molar-refractivity contribution in [2.45, 2.75) is 38.8 Å². The quantitative estimate of drug-likeness (QED) is 0.930. The lowest BCUT2D eigenvalue weighted by molar-refractivity contribution is 0.628. The lowest BCUT2D eigenvalue weighted by atomic mass is 10.0. The number of nitrogens with one attached hydrogen (secondary N) is 1. The first-order valence-electron chi connectivity index (χ1n) is 7.22. The summed E-state index contributed by atoms with van der Waals surface area (Å²) in [6.07, 6.45) is 6.90. The average Bonchev–Trinajstić information content (AvgIpc) is 2.86. The minimum Gasteiger partial charge on any atom is -0.330 e. The number of benzene rings is 1. The molecule has 0 saturated carbocycles. The minimum absolute atomic E-state index is 0.902. The first-order valence-corrected chi connectivity index (χ1v) is 8.02. The van der Waals surface area contributed by atoms with E-state index in [1.165, 1.54) is 46.2 Å². The lowest BCUT2D eigenvalue weighted by Gasteiger charge is -2.15. The topological polar surface area (TPSA) is 29.9 Å². The molecule has 20 heavy (non-hydrogen) atoms. The van der Waals surface area contributed by atoms with Crippen LogP contribution in [-0.2, 0) is 25.9 Å². The van der Waals surface area contributed by atoms with Crippen molar-refractivity contribution in [2.24, 2.45) is 0 Å². The summed E-state index contributed by atoms with van der Waals surface area (Å²) < 4.78 is 3.50. The van der Waals surface area contributed by atoms with Gasteiger partial charge in [0.25, 0.3) is 0 Å². The number of imidazole rings is 1. The van der Waals surface area contributed by atoms with E-state index in [0.29, 0.717) is 0 Å². The van der Waals surface area contributed by atoms with Gasteiger partial charge >= 0.3 is 0 Å². The molecular formula is C16H20BrN3. The van der Waals surface area contributed by atoms with Gasteiger partial charge in [-0.25, -0.2) is 4.98 Å². The van der Waals surface area contributed by atoms with E-state index in [4.69, 9.17) is 0 Å². The van der Waals surface area contributed by atoms with Crippen LogP contribution in [0.2, 0.25) is 0 Å². The van der Waals surface area contributed by atoms with Gasteiger partial charge in [-0.05, 0) is 49.9 Å². The Hall–Kier alpha value is -1.13. The lowest BCUT2D eigenvalue weighted by Crippen LogP contribution is -2.10. The summed E-state index contributed by atoms with van der Waals surface area (Å²) in [4.78, 5) is 4.57. The summed E-state index contributed by atoms with van der Waals surface area (Å²) in [7, 11) is 1.97. The third kappa shape index (κ3) is 2.81. The minimum atomic E-state index is 0.902. The standard InChI is InChI=1S/C16H20BrN3/c1-18-9-12-6-7-13(14(17)8-12)10-20-11-19-15-4-2-3-5-16(15)20/h6-8,11,18H,2-5,9-10H2,1H3. The second-order valence-electron chi connectivity index (χ2n) is 5.43. The molecule has 1 aliphatic rings. The van der Waals surface area contributed by atoms with Gasteiger partial charge in [0, 0.05) is 23.3 Å². The molecule has 3 nitrogen and oxygen atoms in total. The van der Waals surface area contributed by atoms with Crippen molar-refractivity contribution in [3.63, 3.8) is 0 Å². The van der Waals surface area contributed by atoms with Gasteiger partial charge in [0.1, 0.15) is 0 Å². The number of nitrogens with zero attached hydrogens (tertiary/aromatic N) is 2. The molecule has 0 radical (unpaired) electrons. The number of hydrogen-bond donors (Lipinski definition) is 1. The summed E-state index contributed by atoms with van der Waals surface area (Å²) in [6.45, 7) is 1.81. The Kier molecular flexibility index (Phi) is 4.22. The molecule has 1 heterocycles. The van der Waals surface area contributed by atoms with E-state index in [2.05, 4.69) is 49.0 Å². The van der Waals surface area contributed by atoms with Crippen molar-refractivity contribution >= 4 is 15.9 Å². The third-order valence-electron chi connectivity index (χ3n) is 3.95. The maximum atomic E-state index is 4.57. The van der Waals surface area contributed by atoms with Crippen LogP contribution in [0, 0.1) is 0 Å². The SMILES string of the molecule is CNCc1ccc(Cn2cnc3c2CCCC3)c(Br)c1. The van der Waals surface area contributed by atoms with Crippen molar-refractivity contribution in [3.05, 3.63) is 51.5 Å². The molecule has 4 heteroatoms. The summed E-state index contributed by atoms with van der Waals surface area (Å²) in [5.41, 5.74) is 5.35. The van der Waals surface area contributed by atoms with Gasteiger partial charge in [-0.1, -0.05) is 28.1 Å². The zero-order valence-electron chi connectivity index (χ0n) is 11.8. The summed E-state index contributed by atoms with van der Waals surface area (Å²) >= 11 is 3.70. The summed E-state index contributed by atoms with van der Waals surface area (Å²) in [6, 6.07) is 6.61. The second kappa shape index (κ2) is 6.10. The highest BCUT2D eigenvalue weighted by molar-refractivity contribution is 9.10. The Morgan fingerprint density at radius 2 is 2.15 bits per heavy atom. The van der Waals surface area contributed by atoms with Gasteiger partial charge < -0.3 is 9.88 Å². The molecule has 0 unspecified atom stereocenters. The summed E-state index contributed by atoms with van der Waals surface area (Å²) in [5, 5.41) is 3.18. The fraction of sp³-hybridized carbons (Fsp3) is 0.438. The van der Waals surface area contributed by atoms with Crippen molar-refractivity contribution in [1.29, 1.82) is 0 Å². The monoisotopic (exact) mass is 333 g/mol. The highest BCUT2D eigenvalue weighted by Gasteiger charge is 2.15. The van der Waals surface area contributed by atoms with Crippen LogP contribution in [0.4, 0.5) is 0 Å². The van der Waals surface area contributed by atoms with Crippen LogP contribution in [0.3, 0.4) is 0 Å². The molecule has 0 aliphatic heterocycles. The van der Waals surface area contributed by atoms with Crippen molar-refractivity contribution in [2.75, 3.05) is 7.05 Å². The molecule has 0 atom stereocenters. The Bertz CT molecular complexity index is 604. The van der Waals surface area contributed by atoms with Crippen molar-refractivity contribution < 1.29 is 0 Å². The van der Waals surface area contributed by atoms with E-state index in [0.717, 1.165) is 19.5 Å². The molecule has 1 N–H and O–H groups in total. The molecule has 2 aromatic rings. The molecule has 0 spiro atoms. The zero-order chi connectivity index (χ0) is 13.9. The molecule has 1 aromatic heterocycles. The first kappa shape index (κ1) is 13.8. The van der Waals surface area contributed by atoms with Gasteiger partial charge in [0.15, 0.2) is 0 Å². The number of rotatable bonds is 4. The van der Waals surface area contributed by atoms with Crippen LogP contribution in [0.25, 0.3) is 0 Å². The van der Waals surface area contributed by atoms with Gasteiger partial charge in [0.2, 0.25) is 0 Å². The Balaban J connectivity index is 1.82. The molecule has 0 amide bonds. The molecule has 0 bridgehead atoms. The van der Waals surface area contributed by atoms with Crippen LogP contribution >= 0.6 is 15.9 Å². The van der Waals surface area contributed by atoms with Crippen LogP contribution in [0.15, 0.2) is 29.0 Å². The smallest absolute Gasteiger partial charge is 0.0954 e. The van der Waals surface area contributed by atoms with E-state index in [1.54, 1.807) is 0 Å². The van der Waals surface area contributed by atoms with E-state index in [9.17, 15) is 0 Å². The van der Waals surface area contributed by atoms with E-state index in [-0.39, 0.29) is 0 Å². The summed E-state index contributed by atoms with van der Waals surface area (Å²) in [5.74, 6) is 0. The fourth-order valence-corrected chi connectivity index (χ4v) is 3.44. The fourth-order valence-electron chi connectivity index (χ4n) is 2.88. The molecule has 0 fully saturated rings. The number of aryl methyl sites for hydroxylation is 1. The number of hydrogen-bond acceptors (Lipinski definition) is 2. The van der Waals surface area contributed by atoms with E-state index >= 15 is 0 Å². The van der Waals surface area contributed by atoms with Crippen molar-refractivity contribution in [1.82, 2.24) is 14.9 Å². The predicted molar refractivity (Wildman–Crippen MR) is 84.9 cm³/mol. The normalized spacial score (nSPS) is 14.3. The van der Waals surface area contributed by atoms with Gasteiger partial charge in [-0.15, -0.1) is 0 Å². The molecule has 3 rings (SSSR count). The Morgan fingerprint density at radius 3 is 2.95 bits per heavy atom. The molecule has 1 aliphatic carbocycles. The van der Waals surface area contributed by atoms with Crippen LogP contribution in [-0.4, -0.2) is 16.6 Å². The molecular weight excluding hydrogens is 314 g/mol. The van der Waals surface area contributed by atoms with Gasteiger partial charge in [-0.3, -0.25) is 0 Å². The van der Waals surface area contributed by atoms with Crippen LogP contribution < -0.4 is 5.32 Å². The predicted octanol–water partition coefficient (Wildman–Crippen LogP) is 3.29. The molecule has 106 valence electrons. The first-order chi connectivity index (χ1) is 9.78. The highest BCUT2D eigenvalue weighted by atomic mass is 79.9. The van der Waals surface area contributed by atoms with Gasteiger partial charge in [0.05, 0.1) is 12.0 Å². The maximum absolute atomic E-state index is 4.57. The third-order valence-corrected chi connectivity index (χ3v) is 4.69. The molecule has 1 aromatic carbocycles. The number of halogens is 1. The Labute approximate surface area is 128 Å². The maximum Gasteiger partial charge on any atom is 0.0954 e. The van der Waals surface area contributed by atoms with Crippen LogP contribution in [0.5, 0.6) is 0 Å². The van der Waals surface area contributed by atoms with Crippen molar-refractivity contribution in [3.8, 4) is 0 Å². The number of fused-ring (bicyclic) bond motifs is 1. The van der Waals surface area contributed by atoms with E-state index in [1.807, 2.05) is 13.4 Å². The average molecular weight is 334 g/mol. The molecule has 0 saturated heterocycles.